The van der Waals surface area contributed by atoms with Gasteiger partial charge in [-0.15, -0.1) is 0 Å². The summed E-state index contributed by atoms with van der Waals surface area (Å²) in [5.74, 6) is 1.24. The van der Waals surface area contributed by atoms with Crippen LogP contribution in [0.1, 0.15) is 73.6 Å². The molecule has 0 radical (unpaired) electrons. The van der Waals surface area contributed by atoms with E-state index in [4.69, 9.17) is 13.6 Å². The molecule has 1 unspecified atom stereocenters. The summed E-state index contributed by atoms with van der Waals surface area (Å²) in [5.41, 5.74) is 0. The predicted molar refractivity (Wildman–Crippen MR) is 88.5 cm³/mol. The Morgan fingerprint density at radius 2 is 1.33 bits per heavy atom. The monoisotopic (exact) mass is 322 g/mol. The number of unbranched alkanes of at least 4 members (excludes halogenated alkanes) is 2. The highest BCUT2D eigenvalue weighted by atomic mass is 31.2. The van der Waals surface area contributed by atoms with Crippen LogP contribution in [0.5, 0.6) is 0 Å². The fourth-order valence-corrected chi connectivity index (χ4v) is 3.16. The molecule has 1 atom stereocenters. The van der Waals surface area contributed by atoms with Gasteiger partial charge >= 0.3 is 7.82 Å². The van der Waals surface area contributed by atoms with E-state index in [-0.39, 0.29) is 6.10 Å². The fourth-order valence-electron chi connectivity index (χ4n) is 1.76. The van der Waals surface area contributed by atoms with Gasteiger partial charge in [-0.1, -0.05) is 47.0 Å². The van der Waals surface area contributed by atoms with Gasteiger partial charge in [0, 0.05) is 0 Å². The van der Waals surface area contributed by atoms with Gasteiger partial charge in [0.05, 0.1) is 19.3 Å². The lowest BCUT2D eigenvalue weighted by molar-refractivity contribution is 0.0867. The van der Waals surface area contributed by atoms with Gasteiger partial charge in [0.2, 0.25) is 0 Å². The van der Waals surface area contributed by atoms with Gasteiger partial charge in [-0.2, -0.15) is 0 Å². The van der Waals surface area contributed by atoms with Crippen LogP contribution >= 0.6 is 7.82 Å². The molecule has 0 bridgehead atoms. The van der Waals surface area contributed by atoms with E-state index in [1.54, 1.807) is 0 Å². The molecule has 5 heteroatoms. The second kappa shape index (κ2) is 11.6. The van der Waals surface area contributed by atoms with Crippen molar-refractivity contribution in [1.29, 1.82) is 0 Å². The Morgan fingerprint density at radius 1 is 0.762 bits per heavy atom. The molecule has 0 fully saturated rings. The fraction of sp³-hybridized carbons (Fsp3) is 1.00. The van der Waals surface area contributed by atoms with E-state index in [9.17, 15) is 4.57 Å². The Labute approximate surface area is 131 Å². The summed E-state index contributed by atoms with van der Waals surface area (Å²) in [5, 5.41) is 0. The van der Waals surface area contributed by atoms with E-state index in [2.05, 4.69) is 27.7 Å². The van der Waals surface area contributed by atoms with Gasteiger partial charge in [0.15, 0.2) is 0 Å². The average Bonchev–Trinajstić information content (AvgIpc) is 2.31. The molecule has 0 aliphatic rings. The molecule has 0 aliphatic carbocycles. The maximum atomic E-state index is 12.5. The highest BCUT2D eigenvalue weighted by molar-refractivity contribution is 7.48. The van der Waals surface area contributed by atoms with Crippen LogP contribution in [0.4, 0.5) is 0 Å². The van der Waals surface area contributed by atoms with Crippen LogP contribution in [0.2, 0.25) is 0 Å². The summed E-state index contributed by atoms with van der Waals surface area (Å²) in [6.45, 7) is 13.2. The Morgan fingerprint density at radius 3 is 1.86 bits per heavy atom. The second-order valence-electron chi connectivity index (χ2n) is 6.69. The molecule has 0 saturated carbocycles. The van der Waals surface area contributed by atoms with Gasteiger partial charge in [0.25, 0.3) is 0 Å². The van der Waals surface area contributed by atoms with Crippen molar-refractivity contribution >= 4 is 7.82 Å². The van der Waals surface area contributed by atoms with Crippen LogP contribution in [0.15, 0.2) is 0 Å². The molecule has 21 heavy (non-hydrogen) atoms. The summed E-state index contributed by atoms with van der Waals surface area (Å²) in [7, 11) is -3.40. The normalized spacial score (nSPS) is 15.1. The number of rotatable bonds is 13. The van der Waals surface area contributed by atoms with Crippen LogP contribution in [-0.4, -0.2) is 19.3 Å². The minimum Gasteiger partial charge on any atom is -0.287 e. The highest BCUT2D eigenvalue weighted by Crippen LogP contribution is 2.50. The maximum absolute atomic E-state index is 12.5. The van der Waals surface area contributed by atoms with Crippen LogP contribution in [0.3, 0.4) is 0 Å². The number of phosphoric ester groups is 1. The van der Waals surface area contributed by atoms with Crippen molar-refractivity contribution in [3.63, 3.8) is 0 Å². The van der Waals surface area contributed by atoms with E-state index in [0.29, 0.717) is 19.1 Å². The van der Waals surface area contributed by atoms with Crippen molar-refractivity contribution in [3.8, 4) is 0 Å². The first kappa shape index (κ1) is 21.1. The van der Waals surface area contributed by atoms with Crippen molar-refractivity contribution in [1.82, 2.24) is 0 Å². The molecule has 0 aromatic carbocycles. The molecule has 0 saturated heterocycles. The zero-order chi connectivity index (χ0) is 16.3. The quantitative estimate of drug-likeness (QED) is 0.317. The van der Waals surface area contributed by atoms with Gasteiger partial charge in [-0.3, -0.25) is 13.6 Å². The highest BCUT2D eigenvalue weighted by Gasteiger charge is 2.27. The van der Waals surface area contributed by atoms with Gasteiger partial charge in [-0.05, 0) is 38.5 Å². The first-order chi connectivity index (χ1) is 9.75. The van der Waals surface area contributed by atoms with E-state index < -0.39 is 7.82 Å². The molecule has 0 N–H and O–H groups in total. The Kier molecular flexibility index (Phi) is 11.7. The third-order valence-corrected chi connectivity index (χ3v) is 4.64. The summed E-state index contributed by atoms with van der Waals surface area (Å²) in [6, 6.07) is 0. The predicted octanol–water partition coefficient (Wildman–Crippen LogP) is 5.82. The molecule has 0 heterocycles. The molecule has 0 rings (SSSR count). The summed E-state index contributed by atoms with van der Waals surface area (Å²) in [6.07, 6.45) is 5.08. The molecule has 4 nitrogen and oxygen atoms in total. The average molecular weight is 322 g/mol. The minimum atomic E-state index is -3.40. The Balaban J connectivity index is 4.02. The van der Waals surface area contributed by atoms with Crippen LogP contribution in [0, 0.1) is 11.8 Å². The standard InChI is InChI=1S/C16H35O4P/c1-14(2)10-8-7-9-12-18-21(17,20-16(5)6)19-13-11-15(3)4/h14-16H,7-13H2,1-6H3. The van der Waals surface area contributed by atoms with E-state index in [0.717, 1.165) is 25.2 Å². The third kappa shape index (κ3) is 13.5. The van der Waals surface area contributed by atoms with E-state index in [1.165, 1.54) is 12.8 Å². The molecule has 0 aromatic rings. The largest absolute Gasteiger partial charge is 0.475 e. The zero-order valence-corrected chi connectivity index (χ0v) is 15.7. The Bertz CT molecular complexity index is 290. The number of phosphoric acid groups is 1. The Hall–Kier alpha value is 0.110. The van der Waals surface area contributed by atoms with Gasteiger partial charge in [0.1, 0.15) is 0 Å². The van der Waals surface area contributed by atoms with Gasteiger partial charge < -0.3 is 0 Å². The SMILES string of the molecule is CC(C)CCCCCOP(=O)(OCCC(C)C)OC(C)C. The lowest BCUT2D eigenvalue weighted by Crippen LogP contribution is -2.08. The molecule has 0 amide bonds. The lowest BCUT2D eigenvalue weighted by Gasteiger charge is -2.20. The van der Waals surface area contributed by atoms with Crippen molar-refractivity contribution in [2.45, 2.75) is 79.8 Å². The first-order valence-corrected chi connectivity index (χ1v) is 9.78. The van der Waals surface area contributed by atoms with E-state index >= 15 is 0 Å². The number of hydrogen-bond donors (Lipinski definition) is 0. The van der Waals surface area contributed by atoms with Crippen molar-refractivity contribution in [2.75, 3.05) is 13.2 Å². The summed E-state index contributed by atoms with van der Waals surface area (Å²) < 4.78 is 28.7. The molecule has 0 spiro atoms. The molecule has 0 aromatic heterocycles. The molecular formula is C16H35O4P. The smallest absolute Gasteiger partial charge is 0.287 e. The van der Waals surface area contributed by atoms with Crippen LogP contribution < -0.4 is 0 Å². The summed E-state index contributed by atoms with van der Waals surface area (Å²) >= 11 is 0. The topological polar surface area (TPSA) is 44.8 Å². The molecular weight excluding hydrogens is 287 g/mol. The van der Waals surface area contributed by atoms with Crippen molar-refractivity contribution in [2.24, 2.45) is 11.8 Å². The van der Waals surface area contributed by atoms with Crippen LogP contribution in [-0.2, 0) is 18.1 Å². The van der Waals surface area contributed by atoms with Gasteiger partial charge in [-0.25, -0.2) is 4.57 Å². The zero-order valence-electron chi connectivity index (χ0n) is 14.8. The third-order valence-electron chi connectivity index (χ3n) is 2.96. The van der Waals surface area contributed by atoms with E-state index in [1.807, 2.05) is 13.8 Å². The minimum absolute atomic E-state index is 0.171. The number of hydrogen-bond acceptors (Lipinski definition) is 4. The second-order valence-corrected chi connectivity index (χ2v) is 8.32. The van der Waals surface area contributed by atoms with Crippen molar-refractivity contribution < 1.29 is 18.1 Å². The summed E-state index contributed by atoms with van der Waals surface area (Å²) in [4.78, 5) is 0. The maximum Gasteiger partial charge on any atom is 0.475 e. The molecule has 128 valence electrons. The lowest BCUT2D eigenvalue weighted by atomic mass is 10.1. The first-order valence-electron chi connectivity index (χ1n) is 8.32. The van der Waals surface area contributed by atoms with Crippen molar-refractivity contribution in [3.05, 3.63) is 0 Å². The van der Waals surface area contributed by atoms with Crippen LogP contribution in [0.25, 0.3) is 0 Å². The molecule has 0 aliphatic heterocycles.